The highest BCUT2D eigenvalue weighted by Gasteiger charge is 2.62. The number of rotatable bonds is 6. The van der Waals surface area contributed by atoms with Crippen LogP contribution in [-0.2, 0) is 23.7 Å². The molecule has 0 aromatic carbocycles. The summed E-state index contributed by atoms with van der Waals surface area (Å²) in [5.74, 6) is -11.9. The molecule has 0 rings (SSSR count). The maximum Gasteiger partial charge on any atom is 0.373 e. The van der Waals surface area contributed by atoms with E-state index in [0.717, 1.165) is 0 Å². The molecule has 102 valence electrons. The summed E-state index contributed by atoms with van der Waals surface area (Å²) >= 11 is 0. The van der Waals surface area contributed by atoms with Crippen LogP contribution >= 0.6 is 7.60 Å². The monoisotopic (exact) mass is 284 g/mol. The fourth-order valence-corrected chi connectivity index (χ4v) is 1.96. The van der Waals surface area contributed by atoms with Gasteiger partial charge in [-0.15, -0.1) is 0 Å². The Bertz CT molecular complexity index is 461. The van der Waals surface area contributed by atoms with Gasteiger partial charge < -0.3 is 25.1 Å². The normalized spacial score (nSPS) is 16.4. The molecule has 0 radical (unpaired) electrons. The molecule has 0 aromatic heterocycles. The molecule has 5 N–H and O–H groups in total. The van der Waals surface area contributed by atoms with Gasteiger partial charge in [0.25, 0.3) is 5.78 Å². The molecule has 0 aliphatic carbocycles. The van der Waals surface area contributed by atoms with E-state index in [1.165, 1.54) is 0 Å². The third-order valence-electron chi connectivity index (χ3n) is 2.32. The minimum Gasteiger partial charge on any atom is -0.481 e. The van der Waals surface area contributed by atoms with Crippen molar-refractivity contribution in [1.82, 2.24) is 0 Å². The molecule has 2 atom stereocenters. The Morgan fingerprint density at radius 2 is 1.44 bits per heavy atom. The number of carbonyl (C=O) groups excluding carboxylic acids is 1. The smallest absolute Gasteiger partial charge is 0.373 e. The zero-order chi connectivity index (χ0) is 14.9. The fraction of sp³-hybridized carbons (Fsp3) is 0.429. The lowest BCUT2D eigenvalue weighted by Gasteiger charge is -2.29. The second-order valence-corrected chi connectivity index (χ2v) is 5.45. The molecule has 0 fully saturated rings. The Balaban J connectivity index is 6.09. The van der Waals surface area contributed by atoms with Crippen molar-refractivity contribution in [3.8, 4) is 0 Å². The molecule has 0 saturated heterocycles. The van der Waals surface area contributed by atoms with Gasteiger partial charge in [0.2, 0.25) is 0 Å². The molecule has 0 amide bonds. The van der Waals surface area contributed by atoms with Gasteiger partial charge in [0.15, 0.2) is 11.1 Å². The van der Waals surface area contributed by atoms with Crippen LogP contribution in [0.4, 0.5) is 0 Å². The molecule has 0 heterocycles. The van der Waals surface area contributed by atoms with E-state index in [9.17, 15) is 23.7 Å². The van der Waals surface area contributed by atoms with Crippen molar-refractivity contribution >= 4 is 31.3 Å². The molecule has 18 heavy (non-hydrogen) atoms. The Hall–Kier alpha value is -1.77. The Kier molecular flexibility index (Phi) is 4.37. The van der Waals surface area contributed by atoms with Crippen LogP contribution in [0.1, 0.15) is 6.92 Å². The summed E-state index contributed by atoms with van der Waals surface area (Å²) in [4.78, 5) is 60.8. The van der Waals surface area contributed by atoms with E-state index in [1.807, 2.05) is 0 Å². The number of aliphatic carboxylic acids is 3. The molecular weight excluding hydrogens is 275 g/mol. The lowest BCUT2D eigenvalue weighted by Crippen LogP contribution is -2.51. The highest BCUT2D eigenvalue weighted by atomic mass is 31.2. The van der Waals surface area contributed by atoms with Gasteiger partial charge in [-0.3, -0.25) is 18.9 Å². The topological polar surface area (TPSA) is 186 Å². The Morgan fingerprint density at radius 3 is 1.61 bits per heavy atom. The summed E-state index contributed by atoms with van der Waals surface area (Å²) in [7, 11) is -5.61. The molecule has 0 aliphatic heterocycles. The number of hydrogen-bond acceptors (Lipinski definition) is 5. The number of ketones is 1. The number of carbonyl (C=O) groups is 4. The minimum atomic E-state index is -5.61. The van der Waals surface area contributed by atoms with Crippen LogP contribution in [-0.4, -0.2) is 54.0 Å². The second-order valence-electron chi connectivity index (χ2n) is 3.44. The highest BCUT2D eigenvalue weighted by molar-refractivity contribution is 7.55. The second kappa shape index (κ2) is 4.84. The van der Waals surface area contributed by atoms with Crippen LogP contribution in [0.15, 0.2) is 0 Å². The van der Waals surface area contributed by atoms with Gasteiger partial charge in [0.05, 0.1) is 0 Å². The minimum absolute atomic E-state index is 0.301. The zero-order valence-corrected chi connectivity index (χ0v) is 9.70. The predicted molar refractivity (Wildman–Crippen MR) is 51.9 cm³/mol. The van der Waals surface area contributed by atoms with Gasteiger partial charge in [-0.1, -0.05) is 0 Å². The third kappa shape index (κ3) is 2.55. The lowest BCUT2D eigenvalue weighted by molar-refractivity contribution is -0.162. The van der Waals surface area contributed by atoms with Crippen LogP contribution < -0.4 is 0 Å². The number of hydrogen-bond donors (Lipinski definition) is 5. The summed E-state index contributed by atoms with van der Waals surface area (Å²) in [5.41, 5.74) is 0. The van der Waals surface area contributed by atoms with Gasteiger partial charge in [0, 0.05) is 0 Å². The van der Waals surface area contributed by atoms with Crippen molar-refractivity contribution in [3.05, 3.63) is 0 Å². The van der Waals surface area contributed by atoms with E-state index in [4.69, 9.17) is 25.1 Å². The van der Waals surface area contributed by atoms with E-state index in [1.54, 1.807) is 0 Å². The van der Waals surface area contributed by atoms with Crippen LogP contribution in [0.5, 0.6) is 0 Å². The summed E-state index contributed by atoms with van der Waals surface area (Å²) in [6, 6.07) is 0. The molecule has 0 saturated carbocycles. The standard InChI is InChI=1S/C7H9O10P/c1-7(6(13)14,18(15,16)17)2(4(9)10)3(8)5(11)12/h2H,1H3,(H,9,10)(H,11,12)(H,13,14)(H2,15,16,17). The van der Waals surface area contributed by atoms with Crippen molar-refractivity contribution in [2.24, 2.45) is 5.92 Å². The third-order valence-corrected chi connectivity index (χ3v) is 3.98. The lowest BCUT2D eigenvalue weighted by atomic mass is 9.89. The van der Waals surface area contributed by atoms with Crippen LogP contribution in [0.3, 0.4) is 0 Å². The van der Waals surface area contributed by atoms with E-state index in [2.05, 4.69) is 0 Å². The van der Waals surface area contributed by atoms with Gasteiger partial charge in [-0.25, -0.2) is 4.79 Å². The molecule has 10 nitrogen and oxygen atoms in total. The van der Waals surface area contributed by atoms with Crippen LogP contribution in [0, 0.1) is 5.92 Å². The molecule has 0 spiro atoms. The van der Waals surface area contributed by atoms with Gasteiger partial charge >= 0.3 is 25.5 Å². The van der Waals surface area contributed by atoms with Gasteiger partial charge in [-0.2, -0.15) is 0 Å². The molecule has 0 aromatic rings. The molecule has 0 aliphatic rings. The first-order valence-electron chi connectivity index (χ1n) is 4.16. The van der Waals surface area contributed by atoms with Crippen molar-refractivity contribution in [1.29, 1.82) is 0 Å². The summed E-state index contributed by atoms with van der Waals surface area (Å²) in [6.07, 6.45) is 0. The van der Waals surface area contributed by atoms with Crippen molar-refractivity contribution < 1.29 is 48.8 Å². The van der Waals surface area contributed by atoms with Gasteiger partial charge in [-0.05, 0) is 6.92 Å². The highest BCUT2D eigenvalue weighted by Crippen LogP contribution is 2.54. The largest absolute Gasteiger partial charge is 0.481 e. The quantitative estimate of drug-likeness (QED) is 0.215. The SMILES string of the molecule is CC(C(=O)O)(C(C(=O)O)C(=O)C(=O)O)P(=O)(O)O. The van der Waals surface area contributed by atoms with Crippen molar-refractivity contribution in [3.63, 3.8) is 0 Å². The molecular formula is C7H9O10P. The number of carboxylic acid groups (broad SMARTS) is 3. The fourth-order valence-electron chi connectivity index (χ4n) is 1.15. The van der Waals surface area contributed by atoms with E-state index >= 15 is 0 Å². The molecule has 2 unspecified atom stereocenters. The Labute approximate surface area is 99.0 Å². The first-order valence-corrected chi connectivity index (χ1v) is 5.77. The number of Topliss-reactive ketones (excluding diaryl/α,β-unsaturated/α-hetero) is 1. The van der Waals surface area contributed by atoms with Gasteiger partial charge in [0.1, 0.15) is 0 Å². The van der Waals surface area contributed by atoms with E-state index in [0.29, 0.717) is 6.92 Å². The van der Waals surface area contributed by atoms with Crippen LogP contribution in [0.25, 0.3) is 0 Å². The molecule has 11 heteroatoms. The summed E-state index contributed by atoms with van der Waals surface area (Å²) in [5, 5.41) is 22.4. The van der Waals surface area contributed by atoms with E-state index in [-0.39, 0.29) is 0 Å². The number of carboxylic acids is 3. The van der Waals surface area contributed by atoms with Crippen LogP contribution in [0.2, 0.25) is 0 Å². The maximum atomic E-state index is 11.1. The summed E-state index contributed by atoms with van der Waals surface area (Å²) in [6.45, 7) is 0.301. The zero-order valence-electron chi connectivity index (χ0n) is 8.80. The average molecular weight is 284 g/mol. The summed E-state index contributed by atoms with van der Waals surface area (Å²) < 4.78 is 11.1. The van der Waals surface area contributed by atoms with E-state index < -0.39 is 42.4 Å². The Morgan fingerprint density at radius 1 is 1.06 bits per heavy atom. The predicted octanol–water partition coefficient (Wildman–Crippen LogP) is -1.64. The first-order chi connectivity index (χ1) is 7.87. The first kappa shape index (κ1) is 16.2. The maximum absolute atomic E-state index is 11.1. The van der Waals surface area contributed by atoms with Crippen molar-refractivity contribution in [2.45, 2.75) is 12.1 Å². The molecule has 0 bridgehead atoms. The van der Waals surface area contributed by atoms with Crippen molar-refractivity contribution in [2.75, 3.05) is 0 Å². The average Bonchev–Trinajstić information content (AvgIpc) is 2.14.